The van der Waals surface area contributed by atoms with Gasteiger partial charge in [-0.2, -0.15) is 0 Å². The Hall–Kier alpha value is -2.17. The lowest BCUT2D eigenvalue weighted by Gasteiger charge is -2.16. The van der Waals surface area contributed by atoms with Gasteiger partial charge in [0.05, 0.1) is 11.0 Å². The van der Waals surface area contributed by atoms with E-state index in [0.717, 1.165) is 0 Å². The van der Waals surface area contributed by atoms with Crippen molar-refractivity contribution in [3.05, 3.63) is 35.4 Å². The van der Waals surface area contributed by atoms with Gasteiger partial charge < -0.3 is 10.2 Å². The highest BCUT2D eigenvalue weighted by atomic mass is 19.1. The summed E-state index contributed by atoms with van der Waals surface area (Å²) in [6.45, 7) is 0. The molecule has 0 spiro atoms. The maximum absolute atomic E-state index is 12.9. The van der Waals surface area contributed by atoms with E-state index in [1.54, 1.807) is 0 Å². The van der Waals surface area contributed by atoms with E-state index >= 15 is 0 Å². The molecule has 3 rings (SSSR count). The number of aliphatic hydroxyl groups is 2. The third-order valence-electron chi connectivity index (χ3n) is 2.30. The van der Waals surface area contributed by atoms with Crippen molar-refractivity contribution in [1.29, 1.82) is 0 Å². The van der Waals surface area contributed by atoms with E-state index in [1.165, 1.54) is 18.2 Å². The second-order valence-corrected chi connectivity index (χ2v) is 3.25. The molecule has 15 heavy (non-hydrogen) atoms. The van der Waals surface area contributed by atoms with Crippen LogP contribution < -0.4 is 0 Å². The van der Waals surface area contributed by atoms with Crippen LogP contribution in [0.2, 0.25) is 0 Å². The van der Waals surface area contributed by atoms with Crippen molar-refractivity contribution in [2.75, 3.05) is 0 Å². The van der Waals surface area contributed by atoms with Crippen molar-refractivity contribution in [1.82, 2.24) is 9.97 Å². The standard InChI is InChI=1S/C10H5FN2O2/c11-4-1-2-5-6(3-4)13-8-7(12-5)9(14)10(8)15/h1-3,14-15H. The van der Waals surface area contributed by atoms with Gasteiger partial charge in [0.1, 0.15) is 17.2 Å². The zero-order chi connectivity index (χ0) is 10.6. The quantitative estimate of drug-likeness (QED) is 0.688. The Morgan fingerprint density at radius 1 is 0.933 bits per heavy atom. The van der Waals surface area contributed by atoms with Crippen LogP contribution in [0, 0.1) is 5.82 Å². The van der Waals surface area contributed by atoms with Crippen LogP contribution in [-0.4, -0.2) is 20.2 Å². The number of hydrogen-bond donors (Lipinski definition) is 2. The van der Waals surface area contributed by atoms with E-state index < -0.39 is 5.82 Å². The molecule has 2 aromatic rings. The normalized spacial score (nSPS) is 13.9. The number of nitrogens with zero attached hydrogens (tertiary/aromatic N) is 2. The third kappa shape index (κ3) is 0.942. The highest BCUT2D eigenvalue weighted by Gasteiger charge is 2.29. The molecule has 1 aromatic carbocycles. The second kappa shape index (κ2) is 2.44. The van der Waals surface area contributed by atoms with E-state index in [2.05, 4.69) is 9.97 Å². The first kappa shape index (κ1) is 8.16. The average molecular weight is 204 g/mol. The fourth-order valence-electron chi connectivity index (χ4n) is 1.52. The van der Waals surface area contributed by atoms with Crippen LogP contribution in [-0.2, 0) is 0 Å². The Balaban J connectivity index is 2.34. The summed E-state index contributed by atoms with van der Waals surface area (Å²) in [5.74, 6) is -0.962. The minimum Gasteiger partial charge on any atom is -0.503 e. The van der Waals surface area contributed by atoms with Crippen LogP contribution in [0.5, 0.6) is 0 Å². The van der Waals surface area contributed by atoms with Crippen molar-refractivity contribution in [3.63, 3.8) is 0 Å². The lowest BCUT2D eigenvalue weighted by Crippen LogP contribution is -2.11. The Kier molecular flexibility index (Phi) is 1.33. The summed E-state index contributed by atoms with van der Waals surface area (Å²) in [7, 11) is 0. The van der Waals surface area contributed by atoms with E-state index in [1.807, 2.05) is 0 Å². The zero-order valence-electron chi connectivity index (χ0n) is 7.40. The molecule has 1 aromatic heterocycles. The molecule has 4 nitrogen and oxygen atoms in total. The molecule has 1 aliphatic carbocycles. The van der Waals surface area contributed by atoms with Gasteiger partial charge in [0, 0.05) is 6.07 Å². The molecule has 2 N–H and O–H groups in total. The molecule has 1 aliphatic rings. The molecular formula is C10H5FN2O2. The Bertz CT molecular complexity index is 622. The first-order chi connectivity index (χ1) is 7.16. The van der Waals surface area contributed by atoms with Gasteiger partial charge in [-0.15, -0.1) is 0 Å². The van der Waals surface area contributed by atoms with Gasteiger partial charge in [0.25, 0.3) is 0 Å². The van der Waals surface area contributed by atoms with Crippen LogP contribution >= 0.6 is 0 Å². The van der Waals surface area contributed by atoms with E-state index in [9.17, 15) is 14.6 Å². The maximum Gasteiger partial charge on any atom is 0.188 e. The van der Waals surface area contributed by atoms with Gasteiger partial charge >= 0.3 is 0 Å². The molecule has 1 heterocycles. The number of rotatable bonds is 0. The SMILES string of the molecule is OC1=C(O)c2nc3cc(F)ccc3nc21. The van der Waals surface area contributed by atoms with Gasteiger partial charge in [-0.3, -0.25) is 0 Å². The molecule has 0 saturated heterocycles. The third-order valence-corrected chi connectivity index (χ3v) is 2.30. The van der Waals surface area contributed by atoms with Gasteiger partial charge in [-0.1, -0.05) is 0 Å². The summed E-state index contributed by atoms with van der Waals surface area (Å²) in [5, 5.41) is 18.5. The van der Waals surface area contributed by atoms with E-state index in [-0.39, 0.29) is 22.9 Å². The number of fused-ring (bicyclic) bond motifs is 2. The first-order valence-electron chi connectivity index (χ1n) is 4.27. The zero-order valence-corrected chi connectivity index (χ0v) is 7.40. The molecular weight excluding hydrogens is 199 g/mol. The van der Waals surface area contributed by atoms with E-state index in [4.69, 9.17) is 0 Å². The molecule has 0 saturated carbocycles. The predicted octanol–water partition coefficient (Wildman–Crippen LogP) is 2.02. The summed E-state index contributed by atoms with van der Waals surface area (Å²) in [6.07, 6.45) is 0. The summed E-state index contributed by atoms with van der Waals surface area (Å²) < 4.78 is 12.9. The molecule has 5 heteroatoms. The van der Waals surface area contributed by atoms with Crippen molar-refractivity contribution in [2.45, 2.75) is 0 Å². The van der Waals surface area contributed by atoms with Crippen molar-refractivity contribution in [3.8, 4) is 0 Å². The van der Waals surface area contributed by atoms with E-state index in [0.29, 0.717) is 11.0 Å². The number of aromatic nitrogens is 2. The Morgan fingerprint density at radius 2 is 1.53 bits per heavy atom. The average Bonchev–Trinajstić information content (AvgIpc) is 2.26. The van der Waals surface area contributed by atoms with Crippen molar-refractivity contribution >= 4 is 22.6 Å². The fraction of sp³-hybridized carbons (Fsp3) is 0. The molecule has 0 atom stereocenters. The molecule has 0 fully saturated rings. The van der Waals surface area contributed by atoms with Crippen LogP contribution in [0.4, 0.5) is 4.39 Å². The summed E-state index contributed by atoms with van der Waals surface area (Å²) in [4.78, 5) is 8.02. The minimum atomic E-state index is -0.413. The highest BCUT2D eigenvalue weighted by Crippen LogP contribution is 2.34. The van der Waals surface area contributed by atoms with Crippen LogP contribution in [0.15, 0.2) is 18.2 Å². The molecule has 0 bridgehead atoms. The van der Waals surface area contributed by atoms with Crippen molar-refractivity contribution < 1.29 is 14.6 Å². The highest BCUT2D eigenvalue weighted by molar-refractivity contribution is 5.96. The van der Waals surface area contributed by atoms with Crippen LogP contribution in [0.3, 0.4) is 0 Å². The largest absolute Gasteiger partial charge is 0.503 e. The molecule has 0 unspecified atom stereocenters. The minimum absolute atomic E-state index is 0.214. The number of benzene rings is 1. The Labute approximate surface area is 83.3 Å². The topological polar surface area (TPSA) is 66.2 Å². The fourth-order valence-corrected chi connectivity index (χ4v) is 1.52. The smallest absolute Gasteiger partial charge is 0.188 e. The van der Waals surface area contributed by atoms with Gasteiger partial charge in [-0.05, 0) is 12.1 Å². The first-order valence-corrected chi connectivity index (χ1v) is 4.27. The summed E-state index contributed by atoms with van der Waals surface area (Å²) >= 11 is 0. The number of aliphatic hydroxyl groups excluding tert-OH is 2. The summed E-state index contributed by atoms with van der Waals surface area (Å²) in [5.41, 5.74) is 1.30. The van der Waals surface area contributed by atoms with Gasteiger partial charge in [0.15, 0.2) is 11.5 Å². The molecule has 0 amide bonds. The summed E-state index contributed by atoms with van der Waals surface area (Å²) in [6, 6.07) is 3.97. The van der Waals surface area contributed by atoms with Crippen LogP contribution in [0.25, 0.3) is 22.6 Å². The molecule has 74 valence electrons. The number of hydrogen-bond acceptors (Lipinski definition) is 4. The maximum atomic E-state index is 12.9. The number of halogens is 1. The molecule has 0 aliphatic heterocycles. The second-order valence-electron chi connectivity index (χ2n) is 3.25. The van der Waals surface area contributed by atoms with Gasteiger partial charge in [-0.25, -0.2) is 14.4 Å². The van der Waals surface area contributed by atoms with Gasteiger partial charge in [0.2, 0.25) is 0 Å². The Morgan fingerprint density at radius 3 is 2.20 bits per heavy atom. The monoisotopic (exact) mass is 204 g/mol. The van der Waals surface area contributed by atoms with Crippen LogP contribution in [0.1, 0.15) is 11.4 Å². The lowest BCUT2D eigenvalue weighted by atomic mass is 10.0. The molecule has 0 radical (unpaired) electrons. The predicted molar refractivity (Wildman–Crippen MR) is 51.6 cm³/mol. The lowest BCUT2D eigenvalue weighted by molar-refractivity contribution is 0.440. The van der Waals surface area contributed by atoms with Crippen molar-refractivity contribution in [2.24, 2.45) is 0 Å².